The monoisotopic (exact) mass is 480 g/mol. The van der Waals surface area contributed by atoms with Crippen molar-refractivity contribution in [1.82, 2.24) is 19.8 Å². The Kier molecular flexibility index (Phi) is 7.61. The van der Waals surface area contributed by atoms with Crippen LogP contribution in [0.1, 0.15) is 40.1 Å². The normalized spacial score (nSPS) is 15.9. The number of rotatable bonds is 8. The molecule has 1 aromatic heterocycles. The Morgan fingerprint density at radius 2 is 1.28 bits per heavy atom. The van der Waals surface area contributed by atoms with E-state index in [0.717, 1.165) is 55.5 Å². The Balaban J connectivity index is 1.19. The lowest BCUT2D eigenvalue weighted by Crippen LogP contribution is -2.48. The van der Waals surface area contributed by atoms with Crippen LogP contribution in [-0.4, -0.2) is 64.1 Å². The number of aromatic nitrogens is 2. The second kappa shape index (κ2) is 11.2. The average Bonchev–Trinajstić information content (AvgIpc) is 3.31. The number of hydrogen-bond donors (Lipinski definition) is 2. The first-order valence-electron chi connectivity index (χ1n) is 12.9. The molecule has 3 aromatic carbocycles. The molecule has 1 unspecified atom stereocenters. The van der Waals surface area contributed by atoms with Crippen molar-refractivity contribution in [1.29, 1.82) is 0 Å². The second-order valence-corrected chi connectivity index (χ2v) is 9.95. The highest BCUT2D eigenvalue weighted by Crippen LogP contribution is 2.27. The fourth-order valence-corrected chi connectivity index (χ4v) is 5.16. The summed E-state index contributed by atoms with van der Waals surface area (Å²) >= 11 is 0. The number of aliphatic hydroxyl groups is 1. The molecule has 0 saturated carbocycles. The minimum Gasteiger partial charge on any atom is -0.385 e. The zero-order chi connectivity index (χ0) is 24.9. The quantitative estimate of drug-likeness (QED) is 0.365. The van der Waals surface area contributed by atoms with Crippen molar-refractivity contribution in [2.24, 2.45) is 0 Å². The highest BCUT2D eigenvalue weighted by molar-refractivity contribution is 5.56. The molecule has 1 aliphatic heterocycles. The van der Waals surface area contributed by atoms with Crippen molar-refractivity contribution < 1.29 is 5.11 Å². The van der Waals surface area contributed by atoms with Crippen LogP contribution < -0.4 is 0 Å². The van der Waals surface area contributed by atoms with Gasteiger partial charge in [-0.3, -0.25) is 9.80 Å². The van der Waals surface area contributed by atoms with Gasteiger partial charge in [0.1, 0.15) is 11.9 Å². The Labute approximate surface area is 214 Å². The molecule has 186 valence electrons. The molecule has 0 spiro atoms. The summed E-state index contributed by atoms with van der Waals surface area (Å²) in [7, 11) is 0. The topological polar surface area (TPSA) is 55.4 Å². The predicted octanol–water partition coefficient (Wildman–Crippen LogP) is 5.18. The third kappa shape index (κ3) is 5.76. The van der Waals surface area contributed by atoms with E-state index in [4.69, 9.17) is 4.98 Å². The molecule has 0 amide bonds. The molecule has 0 radical (unpaired) electrons. The maximum Gasteiger partial charge on any atom is 0.137 e. The summed E-state index contributed by atoms with van der Waals surface area (Å²) in [5, 5.41) is 11.0. The Bertz CT molecular complexity index is 1190. The average molecular weight is 481 g/mol. The van der Waals surface area contributed by atoms with Crippen LogP contribution in [0.4, 0.5) is 0 Å². The lowest BCUT2D eigenvalue weighted by atomic mass is 9.90. The fraction of sp³-hybridized carbons (Fsp3) is 0.323. The SMILES string of the molecule is Cc1ccc(-c2nc(C(O)CN3CCN(CC(c4ccccc4)c4ccccc4)CC3)c(C)[nH]2)cc1. The molecule has 5 rings (SSSR count). The molecule has 36 heavy (non-hydrogen) atoms. The van der Waals surface area contributed by atoms with Crippen LogP contribution in [0, 0.1) is 13.8 Å². The molecule has 0 bridgehead atoms. The van der Waals surface area contributed by atoms with Crippen molar-refractivity contribution in [3.63, 3.8) is 0 Å². The number of nitrogens with zero attached hydrogens (tertiary/aromatic N) is 3. The van der Waals surface area contributed by atoms with E-state index in [-0.39, 0.29) is 0 Å². The zero-order valence-corrected chi connectivity index (χ0v) is 21.3. The molecule has 1 atom stereocenters. The van der Waals surface area contributed by atoms with Crippen molar-refractivity contribution >= 4 is 0 Å². The van der Waals surface area contributed by atoms with E-state index in [1.807, 2.05) is 6.92 Å². The lowest BCUT2D eigenvalue weighted by Gasteiger charge is -2.37. The van der Waals surface area contributed by atoms with E-state index >= 15 is 0 Å². The van der Waals surface area contributed by atoms with Crippen LogP contribution in [0.5, 0.6) is 0 Å². The summed E-state index contributed by atoms with van der Waals surface area (Å²) in [6.45, 7) is 9.57. The van der Waals surface area contributed by atoms with E-state index in [1.165, 1.54) is 16.7 Å². The molecule has 0 aliphatic carbocycles. The first-order chi connectivity index (χ1) is 17.6. The number of aliphatic hydroxyl groups excluding tert-OH is 1. The highest BCUT2D eigenvalue weighted by atomic mass is 16.3. The van der Waals surface area contributed by atoms with Crippen LogP contribution in [0.3, 0.4) is 0 Å². The number of piperazine rings is 1. The molecule has 1 aliphatic rings. The van der Waals surface area contributed by atoms with E-state index in [0.29, 0.717) is 12.5 Å². The van der Waals surface area contributed by atoms with Crippen molar-refractivity contribution in [2.75, 3.05) is 39.3 Å². The standard InChI is InChI=1S/C31H36N4O/c1-23-13-15-27(16-14-23)31-32-24(2)30(33-31)29(36)22-35-19-17-34(18-20-35)21-28(25-9-5-3-6-10-25)26-11-7-4-8-12-26/h3-16,28-29,36H,17-22H2,1-2H3,(H,32,33). The van der Waals surface area contributed by atoms with Gasteiger partial charge in [0, 0.05) is 56.4 Å². The van der Waals surface area contributed by atoms with Crippen molar-refractivity contribution in [2.45, 2.75) is 25.9 Å². The van der Waals surface area contributed by atoms with E-state index in [2.05, 4.69) is 107 Å². The first-order valence-corrected chi connectivity index (χ1v) is 12.9. The van der Waals surface area contributed by atoms with Crippen LogP contribution in [0.15, 0.2) is 84.9 Å². The van der Waals surface area contributed by atoms with E-state index in [9.17, 15) is 5.11 Å². The van der Waals surface area contributed by atoms with Gasteiger partial charge < -0.3 is 10.1 Å². The Morgan fingerprint density at radius 3 is 1.83 bits per heavy atom. The number of benzene rings is 3. The van der Waals surface area contributed by atoms with Gasteiger partial charge in [-0.1, -0.05) is 90.5 Å². The van der Waals surface area contributed by atoms with Crippen molar-refractivity contribution in [3.8, 4) is 11.4 Å². The molecule has 2 N–H and O–H groups in total. The smallest absolute Gasteiger partial charge is 0.137 e. The Hall–Kier alpha value is -3.25. The van der Waals surface area contributed by atoms with Crippen LogP contribution in [-0.2, 0) is 0 Å². The lowest BCUT2D eigenvalue weighted by molar-refractivity contribution is 0.0696. The van der Waals surface area contributed by atoms with Gasteiger partial charge in [0.15, 0.2) is 0 Å². The maximum absolute atomic E-state index is 11.0. The number of H-pyrrole nitrogens is 1. The van der Waals surface area contributed by atoms with Gasteiger partial charge in [-0.25, -0.2) is 4.98 Å². The van der Waals surface area contributed by atoms with Gasteiger partial charge in [-0.05, 0) is 25.0 Å². The number of nitrogens with one attached hydrogen (secondary N) is 1. The number of aryl methyl sites for hydroxylation is 2. The summed E-state index contributed by atoms with van der Waals surface area (Å²) in [5.74, 6) is 1.18. The molecule has 1 fully saturated rings. The largest absolute Gasteiger partial charge is 0.385 e. The highest BCUT2D eigenvalue weighted by Gasteiger charge is 2.25. The van der Waals surface area contributed by atoms with Gasteiger partial charge in [0.25, 0.3) is 0 Å². The minimum atomic E-state index is -0.603. The van der Waals surface area contributed by atoms with Gasteiger partial charge >= 0.3 is 0 Å². The van der Waals surface area contributed by atoms with Crippen LogP contribution in [0.2, 0.25) is 0 Å². The summed E-state index contributed by atoms with van der Waals surface area (Å²) < 4.78 is 0. The minimum absolute atomic E-state index is 0.358. The fourth-order valence-electron chi connectivity index (χ4n) is 5.16. The molecule has 1 saturated heterocycles. The van der Waals surface area contributed by atoms with E-state index in [1.54, 1.807) is 0 Å². The zero-order valence-electron chi connectivity index (χ0n) is 21.3. The number of aromatic amines is 1. The van der Waals surface area contributed by atoms with Gasteiger partial charge in [-0.2, -0.15) is 0 Å². The maximum atomic E-state index is 11.0. The molecule has 5 nitrogen and oxygen atoms in total. The number of hydrogen-bond acceptors (Lipinski definition) is 4. The van der Waals surface area contributed by atoms with Crippen LogP contribution >= 0.6 is 0 Å². The van der Waals surface area contributed by atoms with Crippen LogP contribution in [0.25, 0.3) is 11.4 Å². The number of β-amino-alcohol motifs (C(OH)–C–C–N with tert-alkyl or cyclic N) is 1. The van der Waals surface area contributed by atoms with Crippen molar-refractivity contribution in [3.05, 3.63) is 113 Å². The summed E-state index contributed by atoms with van der Waals surface area (Å²) in [5.41, 5.74) is 6.67. The molecule has 4 aromatic rings. The molecular weight excluding hydrogens is 444 g/mol. The second-order valence-electron chi connectivity index (χ2n) is 9.95. The summed E-state index contributed by atoms with van der Waals surface area (Å²) in [4.78, 5) is 13.0. The first kappa shape index (κ1) is 24.4. The third-order valence-corrected chi connectivity index (χ3v) is 7.30. The van der Waals surface area contributed by atoms with Gasteiger partial charge in [0.05, 0.1) is 5.69 Å². The summed E-state index contributed by atoms with van der Waals surface area (Å²) in [6, 6.07) is 30.0. The predicted molar refractivity (Wildman–Crippen MR) is 146 cm³/mol. The number of imidazole rings is 1. The summed E-state index contributed by atoms with van der Waals surface area (Å²) in [6.07, 6.45) is -0.603. The molecule has 5 heteroatoms. The molecular formula is C31H36N4O. The third-order valence-electron chi connectivity index (χ3n) is 7.30. The van der Waals surface area contributed by atoms with Gasteiger partial charge in [-0.15, -0.1) is 0 Å². The van der Waals surface area contributed by atoms with E-state index < -0.39 is 6.10 Å². The Morgan fingerprint density at radius 1 is 0.750 bits per heavy atom. The van der Waals surface area contributed by atoms with Gasteiger partial charge in [0.2, 0.25) is 0 Å². The molecule has 2 heterocycles.